The second kappa shape index (κ2) is 7.37. The molecule has 20 heavy (non-hydrogen) atoms. The van der Waals surface area contributed by atoms with E-state index >= 15 is 0 Å². The molecule has 0 bridgehead atoms. The maximum atomic E-state index is 8.99. The predicted molar refractivity (Wildman–Crippen MR) is 75.1 cm³/mol. The van der Waals surface area contributed by atoms with Crippen LogP contribution in [-0.4, -0.2) is 35.2 Å². The van der Waals surface area contributed by atoms with Crippen molar-refractivity contribution < 1.29 is 9.79 Å². The van der Waals surface area contributed by atoms with Gasteiger partial charge >= 0.3 is 0 Å². The molecule has 1 N–H and O–H groups in total. The van der Waals surface area contributed by atoms with Crippen LogP contribution in [0.15, 0.2) is 39.7 Å². The summed E-state index contributed by atoms with van der Waals surface area (Å²) in [6, 6.07) is 7.84. The first-order chi connectivity index (χ1) is 9.83. The number of aliphatic hydroxyl groups excluding tert-OH is 1. The van der Waals surface area contributed by atoms with Gasteiger partial charge in [0.1, 0.15) is 5.22 Å². The molecule has 0 saturated carbocycles. The molecule has 2 rings (SSSR count). The quantitative estimate of drug-likeness (QED) is 0.267. The van der Waals surface area contributed by atoms with Gasteiger partial charge in [-0.3, -0.25) is 0 Å². The zero-order valence-corrected chi connectivity index (χ0v) is 11.1. The van der Waals surface area contributed by atoms with Gasteiger partial charge in [0.05, 0.1) is 6.61 Å². The van der Waals surface area contributed by atoms with Crippen molar-refractivity contribution in [2.75, 3.05) is 13.2 Å². The van der Waals surface area contributed by atoms with Crippen molar-refractivity contribution in [2.24, 2.45) is 15.5 Å². The summed E-state index contributed by atoms with van der Waals surface area (Å²) >= 11 is 0. The van der Waals surface area contributed by atoms with E-state index in [9.17, 15) is 0 Å². The molecule has 0 amide bonds. The van der Waals surface area contributed by atoms with Gasteiger partial charge < -0.3 is 5.11 Å². The van der Waals surface area contributed by atoms with E-state index in [4.69, 9.17) is 10.6 Å². The number of nitrogens with zero attached hydrogens (tertiary/aromatic N) is 6. The Morgan fingerprint density at radius 3 is 2.75 bits per heavy atom. The number of aliphatic hydroxyl groups is 1. The second-order valence-electron chi connectivity index (χ2n) is 4.53. The van der Waals surface area contributed by atoms with Gasteiger partial charge in [0.25, 0.3) is 0 Å². The summed E-state index contributed by atoms with van der Waals surface area (Å²) in [7, 11) is 0. The zero-order valence-electron chi connectivity index (χ0n) is 11.1. The van der Waals surface area contributed by atoms with Crippen LogP contribution in [0.5, 0.6) is 0 Å². The molecular weight excluding hydrogens is 256 g/mol. The highest BCUT2D eigenvalue weighted by Gasteiger charge is 2.21. The normalized spacial score (nSPS) is 16.9. The summed E-state index contributed by atoms with van der Waals surface area (Å²) in [5.74, 6) is 0. The van der Waals surface area contributed by atoms with Crippen molar-refractivity contribution in [3.05, 3.63) is 40.3 Å². The lowest BCUT2D eigenvalue weighted by atomic mass is 10.1. The van der Waals surface area contributed by atoms with Crippen LogP contribution in [0.25, 0.3) is 10.4 Å². The van der Waals surface area contributed by atoms with E-state index in [0.29, 0.717) is 6.54 Å². The van der Waals surface area contributed by atoms with E-state index in [2.05, 4.69) is 32.5 Å². The van der Waals surface area contributed by atoms with Crippen molar-refractivity contribution in [1.82, 2.24) is 0 Å². The minimum atomic E-state index is -0.240. The molecule has 0 radical (unpaired) electrons. The lowest BCUT2D eigenvalue weighted by molar-refractivity contribution is -0.444. The number of rotatable bonds is 7. The predicted octanol–water partition coefficient (Wildman–Crippen LogP) is 2.78. The standard InChI is InChI=1S/C13H17N6O/c14-17-15-8-2-1-3-11-4-6-13(7-5-11)19-9-12(10-20)16-18-19/h4-7,9,12,20H,1-3,8,10H2/q+1. The fraction of sp³-hybridized carbons (Fsp3) is 0.462. The zero-order chi connectivity index (χ0) is 14.2. The SMILES string of the molecule is [N-]=[N+]=NCCCCc1ccc([N+]2=CC(CO)N=N2)cc1. The molecule has 7 heteroatoms. The maximum absolute atomic E-state index is 8.99. The minimum Gasteiger partial charge on any atom is -0.391 e. The average Bonchev–Trinajstić information content (AvgIpc) is 2.97. The van der Waals surface area contributed by atoms with E-state index in [0.717, 1.165) is 24.9 Å². The Labute approximate surface area is 116 Å². The fourth-order valence-electron chi connectivity index (χ4n) is 1.94. The van der Waals surface area contributed by atoms with Gasteiger partial charge in [0, 0.05) is 16.6 Å². The summed E-state index contributed by atoms with van der Waals surface area (Å²) in [4.78, 5) is 2.73. The van der Waals surface area contributed by atoms with E-state index < -0.39 is 0 Å². The number of benzene rings is 1. The highest BCUT2D eigenvalue weighted by atomic mass is 16.3. The molecule has 1 aromatic rings. The minimum absolute atomic E-state index is 0.0245. The first-order valence-electron chi connectivity index (χ1n) is 6.59. The molecule has 0 aliphatic carbocycles. The Balaban J connectivity index is 1.87. The molecule has 7 nitrogen and oxygen atoms in total. The molecule has 104 valence electrons. The Kier molecular flexibility index (Phi) is 5.23. The van der Waals surface area contributed by atoms with Crippen LogP contribution < -0.4 is 0 Å². The molecule has 1 aromatic carbocycles. The van der Waals surface area contributed by atoms with Crippen LogP contribution in [0.3, 0.4) is 0 Å². The molecule has 1 heterocycles. The van der Waals surface area contributed by atoms with Gasteiger partial charge in [0.2, 0.25) is 6.04 Å². The molecule has 1 aliphatic rings. The number of hydrogen-bond donors (Lipinski definition) is 1. The Hall–Kier alpha value is -2.24. The van der Waals surface area contributed by atoms with Gasteiger partial charge in [-0.05, 0) is 42.5 Å². The summed E-state index contributed by atoms with van der Waals surface area (Å²) < 4.78 is 1.67. The molecular formula is C13H17N6O+. The van der Waals surface area contributed by atoms with E-state index in [-0.39, 0.29) is 12.6 Å². The molecule has 0 aromatic heterocycles. The van der Waals surface area contributed by atoms with Gasteiger partial charge in [-0.1, -0.05) is 17.2 Å². The monoisotopic (exact) mass is 273 g/mol. The molecule has 1 unspecified atom stereocenters. The smallest absolute Gasteiger partial charge is 0.245 e. The van der Waals surface area contributed by atoms with E-state index in [1.165, 1.54) is 5.56 Å². The lowest BCUT2D eigenvalue weighted by Gasteiger charge is -2.01. The maximum Gasteiger partial charge on any atom is 0.245 e. The summed E-state index contributed by atoms with van der Waals surface area (Å²) in [5, 5.41) is 20.4. The van der Waals surface area contributed by atoms with Crippen LogP contribution in [0.2, 0.25) is 0 Å². The number of unbranched alkanes of at least 4 members (excludes halogenated alkanes) is 1. The van der Waals surface area contributed by atoms with Crippen molar-refractivity contribution in [1.29, 1.82) is 0 Å². The van der Waals surface area contributed by atoms with E-state index in [1.807, 2.05) is 12.1 Å². The summed E-state index contributed by atoms with van der Waals surface area (Å²) in [5.41, 5.74) is 10.3. The van der Waals surface area contributed by atoms with Crippen molar-refractivity contribution in [2.45, 2.75) is 25.3 Å². The highest BCUT2D eigenvalue weighted by molar-refractivity contribution is 5.62. The number of azide groups is 1. The van der Waals surface area contributed by atoms with Crippen LogP contribution in [0.1, 0.15) is 18.4 Å². The lowest BCUT2D eigenvalue weighted by Crippen LogP contribution is -2.10. The van der Waals surface area contributed by atoms with Gasteiger partial charge in [0.15, 0.2) is 11.9 Å². The Morgan fingerprint density at radius 1 is 1.30 bits per heavy atom. The van der Waals surface area contributed by atoms with Crippen molar-refractivity contribution in [3.8, 4) is 0 Å². The van der Waals surface area contributed by atoms with Gasteiger partial charge in [-0.25, -0.2) is 0 Å². The van der Waals surface area contributed by atoms with Gasteiger partial charge in [-0.15, -0.1) is 4.68 Å². The fourth-order valence-corrected chi connectivity index (χ4v) is 1.94. The van der Waals surface area contributed by atoms with E-state index in [1.54, 1.807) is 10.9 Å². The summed E-state index contributed by atoms with van der Waals surface area (Å²) in [6.45, 7) is 0.531. The van der Waals surface area contributed by atoms with Crippen LogP contribution in [0.4, 0.5) is 5.69 Å². The van der Waals surface area contributed by atoms with Gasteiger partial charge in [-0.2, -0.15) is 0 Å². The highest BCUT2D eigenvalue weighted by Crippen LogP contribution is 2.17. The third kappa shape index (κ3) is 3.88. The average molecular weight is 273 g/mol. The van der Waals surface area contributed by atoms with Crippen LogP contribution in [0, 0.1) is 0 Å². The van der Waals surface area contributed by atoms with Crippen molar-refractivity contribution >= 4 is 11.9 Å². The molecule has 0 fully saturated rings. The topological polar surface area (TPSA) is 96.7 Å². The third-order valence-corrected chi connectivity index (χ3v) is 3.03. The van der Waals surface area contributed by atoms with Crippen LogP contribution in [-0.2, 0) is 6.42 Å². The third-order valence-electron chi connectivity index (χ3n) is 3.03. The first kappa shape index (κ1) is 14.2. The largest absolute Gasteiger partial charge is 0.391 e. The molecule has 0 spiro atoms. The Bertz CT molecular complexity index is 544. The Morgan fingerprint density at radius 2 is 2.10 bits per heavy atom. The number of aryl methyl sites for hydroxylation is 1. The molecule has 0 saturated heterocycles. The molecule has 1 atom stereocenters. The summed E-state index contributed by atoms with van der Waals surface area (Å²) in [6.07, 6.45) is 4.65. The van der Waals surface area contributed by atoms with Crippen LogP contribution >= 0.6 is 0 Å². The second-order valence-corrected chi connectivity index (χ2v) is 4.53. The van der Waals surface area contributed by atoms with Crippen molar-refractivity contribution in [3.63, 3.8) is 0 Å². The number of hydrogen-bond acceptors (Lipinski definition) is 4. The first-order valence-corrected chi connectivity index (χ1v) is 6.59. The molecule has 1 aliphatic heterocycles.